The number of aryl methyl sites for hydroxylation is 1. The summed E-state index contributed by atoms with van der Waals surface area (Å²) < 4.78 is 2.35. The Hall–Kier alpha value is -1.09. The third-order valence-corrected chi connectivity index (χ3v) is 3.59. The van der Waals surface area contributed by atoms with Gasteiger partial charge in [0.05, 0.1) is 11.7 Å². The molecule has 0 amide bonds. The smallest absolute Gasteiger partial charge is 0.111 e. The first-order valence-electron chi connectivity index (χ1n) is 6.55. The fraction of sp³-hybridized carbons (Fsp3) is 0.571. The molecule has 0 aliphatic rings. The topological polar surface area (TPSA) is 30.7 Å². The Balaban J connectivity index is 2.60. The van der Waals surface area contributed by atoms with E-state index in [2.05, 4.69) is 35.3 Å². The van der Waals surface area contributed by atoms with Crippen molar-refractivity contribution in [2.45, 2.75) is 39.7 Å². The monoisotopic (exact) mass is 265 g/mol. The average Bonchev–Trinajstić information content (AvgIpc) is 2.69. The molecule has 2 heterocycles. The number of hydrogen-bond acceptors (Lipinski definition) is 2. The van der Waals surface area contributed by atoms with E-state index in [1.807, 2.05) is 18.5 Å². The number of imidazole rings is 1. The summed E-state index contributed by atoms with van der Waals surface area (Å²) in [5, 5.41) is 0. The third kappa shape index (κ3) is 2.37. The number of halogens is 1. The molecule has 0 fully saturated rings. The highest BCUT2D eigenvalue weighted by Gasteiger charge is 2.20. The van der Waals surface area contributed by atoms with Gasteiger partial charge in [-0.25, -0.2) is 4.98 Å². The molecule has 0 aliphatic heterocycles. The van der Waals surface area contributed by atoms with Gasteiger partial charge in [0.1, 0.15) is 11.3 Å². The molecule has 0 spiro atoms. The van der Waals surface area contributed by atoms with Gasteiger partial charge in [0.2, 0.25) is 0 Å². The van der Waals surface area contributed by atoms with Crippen molar-refractivity contribution < 1.29 is 0 Å². The van der Waals surface area contributed by atoms with E-state index in [0.29, 0.717) is 17.8 Å². The molecule has 2 aromatic rings. The van der Waals surface area contributed by atoms with Gasteiger partial charge in [-0.15, -0.1) is 11.6 Å². The van der Waals surface area contributed by atoms with Crippen LogP contribution in [0, 0.1) is 5.92 Å². The number of hydrogen-bond donors (Lipinski definition) is 0. The fourth-order valence-corrected chi connectivity index (χ4v) is 2.75. The van der Waals surface area contributed by atoms with E-state index in [-0.39, 0.29) is 0 Å². The van der Waals surface area contributed by atoms with Gasteiger partial charge in [0.15, 0.2) is 0 Å². The zero-order chi connectivity index (χ0) is 13.1. The molecule has 98 valence electrons. The number of fused-ring (bicyclic) bond motifs is 1. The summed E-state index contributed by atoms with van der Waals surface area (Å²) >= 11 is 5.89. The minimum absolute atomic E-state index is 0.468. The highest BCUT2D eigenvalue weighted by Crippen LogP contribution is 2.28. The van der Waals surface area contributed by atoms with Gasteiger partial charge in [-0.2, -0.15) is 0 Å². The molecular weight excluding hydrogens is 246 g/mol. The highest BCUT2D eigenvalue weighted by molar-refractivity contribution is 6.17. The normalized spacial score (nSPS) is 13.4. The number of aromatic nitrogens is 3. The zero-order valence-corrected chi connectivity index (χ0v) is 12.0. The van der Waals surface area contributed by atoms with Crippen LogP contribution in [0.5, 0.6) is 0 Å². The maximum atomic E-state index is 5.89. The van der Waals surface area contributed by atoms with Crippen molar-refractivity contribution >= 4 is 22.6 Å². The third-order valence-electron chi connectivity index (χ3n) is 3.40. The van der Waals surface area contributed by atoms with E-state index in [9.17, 15) is 0 Å². The summed E-state index contributed by atoms with van der Waals surface area (Å²) in [7, 11) is 0. The van der Waals surface area contributed by atoms with Gasteiger partial charge in [0.25, 0.3) is 0 Å². The van der Waals surface area contributed by atoms with Crippen molar-refractivity contribution in [1.82, 2.24) is 14.5 Å². The SMILES string of the molecule is CCC(C(C)C)n1c(CCCl)nc2cnccc21. The molecule has 0 radical (unpaired) electrons. The average molecular weight is 266 g/mol. The number of nitrogens with zero attached hydrogens (tertiary/aromatic N) is 3. The van der Waals surface area contributed by atoms with Crippen molar-refractivity contribution in [3.8, 4) is 0 Å². The Bertz CT molecular complexity index is 519. The van der Waals surface area contributed by atoms with E-state index in [4.69, 9.17) is 11.6 Å². The lowest BCUT2D eigenvalue weighted by atomic mass is 10.0. The van der Waals surface area contributed by atoms with Crippen LogP contribution >= 0.6 is 11.6 Å². The van der Waals surface area contributed by atoms with Gasteiger partial charge in [-0.1, -0.05) is 20.8 Å². The maximum absolute atomic E-state index is 5.89. The highest BCUT2D eigenvalue weighted by atomic mass is 35.5. The molecule has 0 saturated heterocycles. The summed E-state index contributed by atoms with van der Waals surface area (Å²) in [6.45, 7) is 6.74. The second kappa shape index (κ2) is 5.70. The molecule has 1 atom stereocenters. The first kappa shape index (κ1) is 13.3. The molecule has 0 aromatic carbocycles. The molecule has 0 bridgehead atoms. The maximum Gasteiger partial charge on any atom is 0.111 e. The van der Waals surface area contributed by atoms with Crippen LogP contribution in [0.15, 0.2) is 18.5 Å². The summed E-state index contributed by atoms with van der Waals surface area (Å²) in [4.78, 5) is 8.82. The number of pyridine rings is 1. The standard InChI is InChI=1S/C14H20ClN3/c1-4-12(10(2)3)18-13-6-8-16-9-11(13)17-14(18)5-7-15/h6,8-10,12H,4-5,7H2,1-3H3. The predicted molar refractivity (Wildman–Crippen MR) is 76.1 cm³/mol. The largest absolute Gasteiger partial charge is 0.324 e. The minimum atomic E-state index is 0.468. The predicted octanol–water partition coefficient (Wildman–Crippen LogP) is 3.82. The van der Waals surface area contributed by atoms with Crippen molar-refractivity contribution in [2.75, 3.05) is 5.88 Å². The van der Waals surface area contributed by atoms with Gasteiger partial charge in [0, 0.05) is 24.5 Å². The van der Waals surface area contributed by atoms with Crippen molar-refractivity contribution in [2.24, 2.45) is 5.92 Å². The van der Waals surface area contributed by atoms with Crippen LogP contribution in [-0.2, 0) is 6.42 Å². The Labute approximate surface area is 113 Å². The second-order valence-corrected chi connectivity index (χ2v) is 5.30. The summed E-state index contributed by atoms with van der Waals surface area (Å²) in [5.74, 6) is 2.26. The van der Waals surface area contributed by atoms with Crippen LogP contribution in [-0.4, -0.2) is 20.4 Å². The van der Waals surface area contributed by atoms with Crippen molar-refractivity contribution in [3.63, 3.8) is 0 Å². The molecule has 0 saturated carbocycles. The lowest BCUT2D eigenvalue weighted by Crippen LogP contribution is -2.17. The summed E-state index contributed by atoms with van der Waals surface area (Å²) in [6.07, 6.45) is 5.56. The molecule has 4 heteroatoms. The fourth-order valence-electron chi connectivity index (χ4n) is 2.58. The molecule has 0 N–H and O–H groups in total. The van der Waals surface area contributed by atoms with E-state index < -0.39 is 0 Å². The van der Waals surface area contributed by atoms with E-state index in [1.54, 1.807) is 0 Å². The first-order valence-corrected chi connectivity index (χ1v) is 7.09. The van der Waals surface area contributed by atoms with Crippen LogP contribution in [0.2, 0.25) is 0 Å². The van der Waals surface area contributed by atoms with Crippen LogP contribution in [0.4, 0.5) is 0 Å². The zero-order valence-electron chi connectivity index (χ0n) is 11.2. The Kier molecular flexibility index (Phi) is 4.23. The molecule has 2 aromatic heterocycles. The molecule has 18 heavy (non-hydrogen) atoms. The lowest BCUT2D eigenvalue weighted by molar-refractivity contribution is 0.365. The van der Waals surface area contributed by atoms with Gasteiger partial charge in [-0.05, 0) is 18.4 Å². The Morgan fingerprint density at radius 1 is 1.39 bits per heavy atom. The van der Waals surface area contributed by atoms with Gasteiger partial charge >= 0.3 is 0 Å². The Morgan fingerprint density at radius 3 is 2.78 bits per heavy atom. The van der Waals surface area contributed by atoms with E-state index >= 15 is 0 Å². The molecule has 1 unspecified atom stereocenters. The summed E-state index contributed by atoms with van der Waals surface area (Å²) in [5.41, 5.74) is 2.14. The van der Waals surface area contributed by atoms with Gasteiger partial charge < -0.3 is 4.57 Å². The quantitative estimate of drug-likeness (QED) is 0.770. The van der Waals surface area contributed by atoms with E-state index in [0.717, 1.165) is 24.2 Å². The molecule has 2 rings (SSSR count). The molecule has 3 nitrogen and oxygen atoms in total. The lowest BCUT2D eigenvalue weighted by Gasteiger charge is -2.24. The minimum Gasteiger partial charge on any atom is -0.324 e. The first-order chi connectivity index (χ1) is 8.69. The van der Waals surface area contributed by atoms with Crippen molar-refractivity contribution in [3.05, 3.63) is 24.3 Å². The van der Waals surface area contributed by atoms with Crippen LogP contribution < -0.4 is 0 Å². The molecular formula is C14H20ClN3. The van der Waals surface area contributed by atoms with Crippen LogP contribution in [0.1, 0.15) is 39.1 Å². The van der Waals surface area contributed by atoms with Gasteiger partial charge in [-0.3, -0.25) is 4.98 Å². The van der Waals surface area contributed by atoms with Crippen LogP contribution in [0.25, 0.3) is 11.0 Å². The number of alkyl halides is 1. The van der Waals surface area contributed by atoms with Crippen LogP contribution in [0.3, 0.4) is 0 Å². The second-order valence-electron chi connectivity index (χ2n) is 4.92. The Morgan fingerprint density at radius 2 is 2.17 bits per heavy atom. The van der Waals surface area contributed by atoms with E-state index in [1.165, 1.54) is 5.52 Å². The molecule has 0 aliphatic carbocycles. The number of rotatable bonds is 5. The summed E-state index contributed by atoms with van der Waals surface area (Å²) in [6, 6.07) is 2.51. The van der Waals surface area contributed by atoms with Crippen molar-refractivity contribution in [1.29, 1.82) is 0 Å².